The van der Waals surface area contributed by atoms with Gasteiger partial charge in [0.2, 0.25) is 5.91 Å². The Kier molecular flexibility index (Phi) is 6.10. The van der Waals surface area contributed by atoms with Gasteiger partial charge in [-0.05, 0) is 64.2 Å². The fraction of sp³-hybridized carbons (Fsp3) is 0.524. The Labute approximate surface area is 165 Å². The second-order valence-corrected chi connectivity index (χ2v) is 8.08. The summed E-state index contributed by atoms with van der Waals surface area (Å²) in [5.41, 5.74) is 1.09. The predicted octanol–water partition coefficient (Wildman–Crippen LogP) is 4.24. The molecule has 1 aromatic carbocycles. The molecule has 1 heterocycles. The molecule has 0 unspecified atom stereocenters. The molecule has 1 aliphatic heterocycles. The van der Waals surface area contributed by atoms with Crippen LogP contribution in [0.4, 0.5) is 5.69 Å². The van der Waals surface area contributed by atoms with E-state index in [-0.39, 0.29) is 18.2 Å². The first-order chi connectivity index (χ1) is 12.9. The minimum atomic E-state index is -0.967. The van der Waals surface area contributed by atoms with E-state index in [9.17, 15) is 9.59 Å². The van der Waals surface area contributed by atoms with Crippen LogP contribution in [-0.4, -0.2) is 30.5 Å². The number of amides is 2. The minimum Gasteiger partial charge on any atom is -0.476 e. The Bertz CT molecular complexity index is 758. The fourth-order valence-electron chi connectivity index (χ4n) is 3.56. The lowest BCUT2D eigenvalue weighted by Crippen LogP contribution is -2.53. The van der Waals surface area contributed by atoms with Crippen molar-refractivity contribution in [3.63, 3.8) is 0 Å². The molecule has 5 nitrogen and oxygen atoms in total. The molecule has 0 bridgehead atoms. The van der Waals surface area contributed by atoms with Crippen LogP contribution in [0.15, 0.2) is 29.8 Å². The summed E-state index contributed by atoms with van der Waals surface area (Å²) in [4.78, 5) is 26.6. The van der Waals surface area contributed by atoms with Gasteiger partial charge in [0.05, 0.1) is 5.69 Å². The van der Waals surface area contributed by atoms with Gasteiger partial charge in [-0.2, -0.15) is 0 Å². The van der Waals surface area contributed by atoms with Crippen molar-refractivity contribution >= 4 is 29.1 Å². The molecule has 3 rings (SSSR count). The third kappa shape index (κ3) is 4.83. The lowest BCUT2D eigenvalue weighted by molar-refractivity contribution is -0.132. The lowest BCUT2D eigenvalue weighted by atomic mass is 9.97. The summed E-state index contributed by atoms with van der Waals surface area (Å²) in [6, 6.07) is 5.20. The van der Waals surface area contributed by atoms with Crippen molar-refractivity contribution in [3.8, 4) is 5.75 Å². The van der Waals surface area contributed by atoms with E-state index < -0.39 is 5.60 Å². The summed E-state index contributed by atoms with van der Waals surface area (Å²) < 4.78 is 5.80. The van der Waals surface area contributed by atoms with E-state index in [1.807, 2.05) is 0 Å². The van der Waals surface area contributed by atoms with Gasteiger partial charge in [-0.3, -0.25) is 9.59 Å². The Morgan fingerprint density at radius 3 is 2.89 bits per heavy atom. The Morgan fingerprint density at radius 1 is 1.33 bits per heavy atom. The van der Waals surface area contributed by atoms with E-state index in [4.69, 9.17) is 16.3 Å². The number of carbonyl (C=O) groups excluding carboxylic acids is 2. The molecule has 6 heteroatoms. The maximum Gasteiger partial charge on any atom is 0.270 e. The first kappa shape index (κ1) is 19.7. The second-order valence-electron chi connectivity index (χ2n) is 7.64. The third-order valence-corrected chi connectivity index (χ3v) is 5.29. The quantitative estimate of drug-likeness (QED) is 0.739. The van der Waals surface area contributed by atoms with E-state index in [0.717, 1.165) is 19.3 Å². The number of carbonyl (C=O) groups is 2. The van der Waals surface area contributed by atoms with Gasteiger partial charge in [-0.1, -0.05) is 23.3 Å². The van der Waals surface area contributed by atoms with Gasteiger partial charge in [0.25, 0.3) is 5.91 Å². The highest BCUT2D eigenvalue weighted by Gasteiger charge is 2.40. The highest BCUT2D eigenvalue weighted by Crippen LogP contribution is 2.39. The van der Waals surface area contributed by atoms with Crippen molar-refractivity contribution in [2.75, 3.05) is 18.0 Å². The molecule has 0 spiro atoms. The summed E-state index contributed by atoms with van der Waals surface area (Å²) in [5.74, 6) is 0.387. The molecule has 0 fully saturated rings. The van der Waals surface area contributed by atoms with Gasteiger partial charge in [0.1, 0.15) is 5.75 Å². The predicted molar refractivity (Wildman–Crippen MR) is 107 cm³/mol. The Balaban J connectivity index is 1.57. The van der Waals surface area contributed by atoms with E-state index in [2.05, 4.69) is 11.4 Å². The van der Waals surface area contributed by atoms with Crippen LogP contribution in [0.1, 0.15) is 52.4 Å². The molecule has 2 amide bonds. The largest absolute Gasteiger partial charge is 0.476 e. The van der Waals surface area contributed by atoms with Crippen molar-refractivity contribution in [1.82, 2.24) is 5.32 Å². The van der Waals surface area contributed by atoms with Crippen molar-refractivity contribution in [1.29, 1.82) is 0 Å². The summed E-state index contributed by atoms with van der Waals surface area (Å²) in [7, 11) is 0. The lowest BCUT2D eigenvalue weighted by Gasteiger charge is -2.38. The molecule has 0 radical (unpaired) electrons. The molecule has 1 aromatic rings. The first-order valence-electron chi connectivity index (χ1n) is 9.62. The van der Waals surface area contributed by atoms with Crippen LogP contribution < -0.4 is 15.0 Å². The molecule has 0 aromatic heterocycles. The highest BCUT2D eigenvalue weighted by atomic mass is 35.5. The van der Waals surface area contributed by atoms with Crippen molar-refractivity contribution in [2.45, 2.75) is 58.0 Å². The molecule has 0 saturated heterocycles. The molecule has 1 N–H and O–H groups in total. The second kappa shape index (κ2) is 8.34. The monoisotopic (exact) mass is 390 g/mol. The fourth-order valence-corrected chi connectivity index (χ4v) is 3.72. The number of benzene rings is 1. The van der Waals surface area contributed by atoms with Gasteiger partial charge >= 0.3 is 0 Å². The van der Waals surface area contributed by atoms with Crippen LogP contribution in [0.25, 0.3) is 0 Å². The molecule has 2 aliphatic rings. The van der Waals surface area contributed by atoms with E-state index in [0.29, 0.717) is 29.5 Å². The van der Waals surface area contributed by atoms with Gasteiger partial charge in [0, 0.05) is 24.5 Å². The summed E-state index contributed by atoms with van der Waals surface area (Å²) >= 11 is 6.09. The van der Waals surface area contributed by atoms with E-state index >= 15 is 0 Å². The zero-order valence-corrected chi connectivity index (χ0v) is 16.8. The van der Waals surface area contributed by atoms with Crippen LogP contribution in [0, 0.1) is 0 Å². The van der Waals surface area contributed by atoms with E-state index in [1.165, 1.54) is 18.4 Å². The average Bonchev–Trinajstić information content (AvgIpc) is 2.63. The number of hydrogen-bond acceptors (Lipinski definition) is 3. The Morgan fingerprint density at radius 2 is 2.15 bits per heavy atom. The first-order valence-corrected chi connectivity index (χ1v) is 10.00. The number of rotatable bonds is 6. The zero-order valence-electron chi connectivity index (χ0n) is 16.0. The molecular weight excluding hydrogens is 364 g/mol. The molecule has 1 aliphatic carbocycles. The van der Waals surface area contributed by atoms with Crippen LogP contribution in [0.3, 0.4) is 0 Å². The number of hydrogen-bond donors (Lipinski definition) is 1. The van der Waals surface area contributed by atoms with Crippen LogP contribution in [0.5, 0.6) is 5.75 Å². The SMILES string of the molecule is CC1(C)Oc2ccc(Cl)cc2N(CCC(=O)NCCC2=CCCCC2)C1=O. The van der Waals surface area contributed by atoms with Crippen LogP contribution in [0.2, 0.25) is 5.02 Å². The smallest absolute Gasteiger partial charge is 0.270 e. The number of ether oxygens (including phenoxy) is 1. The zero-order chi connectivity index (χ0) is 19.4. The number of fused-ring (bicyclic) bond motifs is 1. The molecule has 27 heavy (non-hydrogen) atoms. The topological polar surface area (TPSA) is 58.6 Å². The van der Waals surface area contributed by atoms with Crippen molar-refractivity contribution in [3.05, 3.63) is 34.9 Å². The van der Waals surface area contributed by atoms with Crippen molar-refractivity contribution in [2.24, 2.45) is 0 Å². The number of anilines is 1. The van der Waals surface area contributed by atoms with Crippen molar-refractivity contribution < 1.29 is 14.3 Å². The number of allylic oxidation sites excluding steroid dienone is 1. The maximum absolute atomic E-state index is 12.8. The normalized spacial score (nSPS) is 18.4. The number of nitrogens with zero attached hydrogens (tertiary/aromatic N) is 1. The van der Waals surface area contributed by atoms with Gasteiger partial charge in [-0.25, -0.2) is 0 Å². The number of nitrogens with one attached hydrogen (secondary N) is 1. The summed E-state index contributed by atoms with van der Waals surface area (Å²) in [5, 5.41) is 3.49. The standard InChI is InChI=1S/C21H27ClN2O3/c1-21(2)20(26)24(17-14-16(22)8-9-18(17)27-21)13-11-19(25)23-12-10-15-6-4-3-5-7-15/h6,8-9,14H,3-5,7,10-13H2,1-2H3,(H,23,25). The molecule has 146 valence electrons. The van der Waals surface area contributed by atoms with E-state index in [1.54, 1.807) is 36.9 Å². The molecular formula is C21H27ClN2O3. The number of halogens is 1. The molecule has 0 saturated carbocycles. The average molecular weight is 391 g/mol. The minimum absolute atomic E-state index is 0.0490. The summed E-state index contributed by atoms with van der Waals surface area (Å²) in [6.45, 7) is 4.42. The third-order valence-electron chi connectivity index (χ3n) is 5.05. The van der Waals surface area contributed by atoms with Crippen LogP contribution >= 0.6 is 11.6 Å². The highest BCUT2D eigenvalue weighted by molar-refractivity contribution is 6.31. The van der Waals surface area contributed by atoms with Gasteiger partial charge in [0.15, 0.2) is 5.60 Å². The van der Waals surface area contributed by atoms with Gasteiger partial charge in [-0.15, -0.1) is 0 Å². The summed E-state index contributed by atoms with van der Waals surface area (Å²) in [6.07, 6.45) is 8.26. The Hall–Kier alpha value is -2.01. The van der Waals surface area contributed by atoms with Gasteiger partial charge < -0.3 is 15.0 Å². The van der Waals surface area contributed by atoms with Crippen LogP contribution in [-0.2, 0) is 9.59 Å². The molecule has 0 atom stereocenters. The maximum atomic E-state index is 12.8.